The van der Waals surface area contributed by atoms with Crippen molar-refractivity contribution < 1.29 is 9.47 Å². The lowest BCUT2D eigenvalue weighted by Crippen LogP contribution is -2.47. The minimum absolute atomic E-state index is 0. The standard InChI is InChI=1S/C21H42N4O2.HI/c1-3-22-21(23-12-8-15-24-13-6-4-5-7-14-24)25-16-10-20(11-17-25)27-19-9-18-26-2;/h20H,3-19H2,1-2H3,(H,22,23);1H. The Balaban J connectivity index is 0.00000392. The average Bonchev–Trinajstić information content (AvgIpc) is 2.97. The van der Waals surface area contributed by atoms with Crippen LogP contribution in [0.4, 0.5) is 0 Å². The van der Waals surface area contributed by atoms with Crippen molar-refractivity contribution in [1.29, 1.82) is 0 Å². The van der Waals surface area contributed by atoms with Gasteiger partial charge in [0.2, 0.25) is 0 Å². The number of guanidine groups is 1. The molecule has 28 heavy (non-hydrogen) atoms. The lowest BCUT2D eigenvalue weighted by atomic mass is 10.1. The third kappa shape index (κ3) is 10.6. The number of likely N-dealkylation sites (tertiary alicyclic amines) is 2. The highest BCUT2D eigenvalue weighted by Crippen LogP contribution is 2.14. The number of hydrogen-bond donors (Lipinski definition) is 1. The molecule has 1 N–H and O–H groups in total. The number of rotatable bonds is 10. The zero-order chi connectivity index (χ0) is 19.2. The van der Waals surface area contributed by atoms with Crippen molar-refractivity contribution in [3.05, 3.63) is 0 Å². The third-order valence-electron chi connectivity index (χ3n) is 5.52. The Morgan fingerprint density at radius 3 is 2.36 bits per heavy atom. The average molecular weight is 511 g/mol. The number of nitrogens with zero attached hydrogens (tertiary/aromatic N) is 3. The van der Waals surface area contributed by atoms with Gasteiger partial charge in [0, 0.05) is 46.5 Å². The topological polar surface area (TPSA) is 49.3 Å². The van der Waals surface area contributed by atoms with Crippen LogP contribution in [0.1, 0.15) is 58.3 Å². The molecular formula is C21H43IN4O2. The van der Waals surface area contributed by atoms with E-state index in [1.165, 1.54) is 45.3 Å². The Morgan fingerprint density at radius 2 is 1.71 bits per heavy atom. The van der Waals surface area contributed by atoms with Crippen LogP contribution in [0.15, 0.2) is 4.99 Å². The number of aliphatic imine (C=N–C) groups is 1. The number of hydrogen-bond acceptors (Lipinski definition) is 4. The van der Waals surface area contributed by atoms with E-state index in [0.717, 1.165) is 71.0 Å². The first kappa shape index (κ1) is 25.9. The molecule has 0 aromatic heterocycles. The van der Waals surface area contributed by atoms with Crippen molar-refractivity contribution in [2.75, 3.05) is 66.1 Å². The van der Waals surface area contributed by atoms with Gasteiger partial charge < -0.3 is 24.6 Å². The van der Waals surface area contributed by atoms with Crippen LogP contribution in [-0.2, 0) is 9.47 Å². The Kier molecular flexibility index (Phi) is 15.4. The Hall–Kier alpha value is -0.120. The number of ether oxygens (including phenoxy) is 2. The van der Waals surface area contributed by atoms with Crippen LogP contribution in [0.2, 0.25) is 0 Å². The second-order valence-electron chi connectivity index (χ2n) is 7.75. The predicted molar refractivity (Wildman–Crippen MR) is 128 cm³/mol. The number of piperidine rings is 1. The van der Waals surface area contributed by atoms with E-state index in [1.54, 1.807) is 7.11 Å². The quantitative estimate of drug-likeness (QED) is 0.212. The third-order valence-corrected chi connectivity index (χ3v) is 5.52. The molecule has 0 radical (unpaired) electrons. The van der Waals surface area contributed by atoms with Gasteiger partial charge in [0.1, 0.15) is 0 Å². The second kappa shape index (κ2) is 16.7. The van der Waals surface area contributed by atoms with Gasteiger partial charge in [-0.25, -0.2) is 0 Å². The minimum atomic E-state index is 0. The maximum atomic E-state index is 5.98. The summed E-state index contributed by atoms with van der Waals surface area (Å²) in [5.41, 5.74) is 0. The summed E-state index contributed by atoms with van der Waals surface area (Å²) >= 11 is 0. The van der Waals surface area contributed by atoms with Gasteiger partial charge in [0.15, 0.2) is 5.96 Å². The van der Waals surface area contributed by atoms with Crippen molar-refractivity contribution in [3.63, 3.8) is 0 Å². The minimum Gasteiger partial charge on any atom is -0.385 e. The molecule has 6 nitrogen and oxygen atoms in total. The molecule has 2 aliphatic heterocycles. The van der Waals surface area contributed by atoms with E-state index in [4.69, 9.17) is 14.5 Å². The second-order valence-corrected chi connectivity index (χ2v) is 7.75. The molecule has 0 unspecified atom stereocenters. The fourth-order valence-electron chi connectivity index (χ4n) is 3.95. The molecule has 0 aromatic rings. The molecule has 0 spiro atoms. The molecular weight excluding hydrogens is 467 g/mol. The number of nitrogens with one attached hydrogen (secondary N) is 1. The van der Waals surface area contributed by atoms with E-state index in [2.05, 4.69) is 22.0 Å². The molecule has 0 amide bonds. The van der Waals surface area contributed by atoms with Crippen molar-refractivity contribution in [3.8, 4) is 0 Å². The summed E-state index contributed by atoms with van der Waals surface area (Å²) in [7, 11) is 1.74. The van der Waals surface area contributed by atoms with Crippen LogP contribution >= 0.6 is 24.0 Å². The lowest BCUT2D eigenvalue weighted by molar-refractivity contribution is 0.00990. The molecule has 166 valence electrons. The molecule has 2 saturated heterocycles. The van der Waals surface area contributed by atoms with Gasteiger partial charge in [-0.2, -0.15) is 0 Å². The van der Waals surface area contributed by atoms with Crippen molar-refractivity contribution in [2.24, 2.45) is 4.99 Å². The van der Waals surface area contributed by atoms with Gasteiger partial charge in [-0.05, 0) is 65.1 Å². The van der Waals surface area contributed by atoms with E-state index in [-0.39, 0.29) is 24.0 Å². The zero-order valence-corrected chi connectivity index (χ0v) is 20.5. The molecule has 2 rings (SSSR count). The first-order valence-electron chi connectivity index (χ1n) is 11.2. The summed E-state index contributed by atoms with van der Waals surface area (Å²) in [4.78, 5) is 9.94. The molecule has 0 atom stereocenters. The highest BCUT2D eigenvalue weighted by molar-refractivity contribution is 14.0. The number of halogens is 1. The van der Waals surface area contributed by atoms with Gasteiger partial charge >= 0.3 is 0 Å². The summed E-state index contributed by atoms with van der Waals surface area (Å²) in [6.07, 6.45) is 10.3. The summed E-state index contributed by atoms with van der Waals surface area (Å²) in [6.45, 7) is 11.4. The summed E-state index contributed by atoms with van der Waals surface area (Å²) in [6, 6.07) is 0. The van der Waals surface area contributed by atoms with Crippen LogP contribution in [-0.4, -0.2) is 88.0 Å². The monoisotopic (exact) mass is 510 g/mol. The number of methoxy groups -OCH3 is 1. The normalized spacial score (nSPS) is 19.9. The molecule has 0 bridgehead atoms. The van der Waals surface area contributed by atoms with Crippen LogP contribution in [0.25, 0.3) is 0 Å². The fraction of sp³-hybridized carbons (Fsp3) is 0.952. The molecule has 2 fully saturated rings. The highest BCUT2D eigenvalue weighted by Gasteiger charge is 2.21. The Morgan fingerprint density at radius 1 is 1.00 bits per heavy atom. The highest BCUT2D eigenvalue weighted by atomic mass is 127. The van der Waals surface area contributed by atoms with E-state index in [9.17, 15) is 0 Å². The van der Waals surface area contributed by atoms with Crippen molar-refractivity contribution >= 4 is 29.9 Å². The fourth-order valence-corrected chi connectivity index (χ4v) is 3.95. The lowest BCUT2D eigenvalue weighted by Gasteiger charge is -2.34. The predicted octanol–water partition coefficient (Wildman–Crippen LogP) is 3.35. The van der Waals surface area contributed by atoms with Crippen LogP contribution < -0.4 is 5.32 Å². The van der Waals surface area contributed by atoms with Gasteiger partial charge in [-0.15, -0.1) is 24.0 Å². The first-order chi connectivity index (χ1) is 13.3. The summed E-state index contributed by atoms with van der Waals surface area (Å²) < 4.78 is 11.1. The van der Waals surface area contributed by atoms with Gasteiger partial charge in [-0.1, -0.05) is 12.8 Å². The molecule has 7 heteroatoms. The van der Waals surface area contributed by atoms with E-state index >= 15 is 0 Å². The van der Waals surface area contributed by atoms with Crippen molar-refractivity contribution in [1.82, 2.24) is 15.1 Å². The van der Waals surface area contributed by atoms with Gasteiger partial charge in [0.05, 0.1) is 6.10 Å². The van der Waals surface area contributed by atoms with Crippen LogP contribution in [0.5, 0.6) is 0 Å². The maximum absolute atomic E-state index is 5.98. The van der Waals surface area contributed by atoms with E-state index < -0.39 is 0 Å². The molecule has 0 saturated carbocycles. The maximum Gasteiger partial charge on any atom is 0.193 e. The van der Waals surface area contributed by atoms with Crippen LogP contribution in [0, 0.1) is 0 Å². The largest absolute Gasteiger partial charge is 0.385 e. The zero-order valence-electron chi connectivity index (χ0n) is 18.2. The SMILES string of the molecule is CCNC(=NCCCN1CCCCCC1)N1CCC(OCCCOC)CC1.I. The molecule has 2 heterocycles. The van der Waals surface area contributed by atoms with Gasteiger partial charge in [-0.3, -0.25) is 4.99 Å². The Labute approximate surface area is 189 Å². The first-order valence-corrected chi connectivity index (χ1v) is 11.2. The van der Waals surface area contributed by atoms with Crippen LogP contribution in [0.3, 0.4) is 0 Å². The Bertz CT molecular complexity index is 396. The van der Waals surface area contributed by atoms with Gasteiger partial charge in [0.25, 0.3) is 0 Å². The molecule has 2 aliphatic rings. The smallest absolute Gasteiger partial charge is 0.193 e. The summed E-state index contributed by atoms with van der Waals surface area (Å²) in [5, 5.41) is 3.48. The molecule has 0 aliphatic carbocycles. The van der Waals surface area contributed by atoms with E-state index in [1.807, 2.05) is 0 Å². The molecule has 0 aromatic carbocycles. The van der Waals surface area contributed by atoms with E-state index in [0.29, 0.717) is 6.10 Å². The summed E-state index contributed by atoms with van der Waals surface area (Å²) in [5.74, 6) is 1.09. The van der Waals surface area contributed by atoms with Crippen molar-refractivity contribution in [2.45, 2.75) is 64.4 Å².